The standard InChI is InChI=1S/C14H17NO5S/c16-14(17)13-11(6-3-7-12(13)15(18)19)9-21(20)8-10-4-1-2-5-10/h3,6-7,10H,1-2,4-5,8-9H2,(H,16,17). The quantitative estimate of drug-likeness (QED) is 0.643. The van der Waals surface area contributed by atoms with Crippen molar-refractivity contribution in [1.29, 1.82) is 0 Å². The third-order valence-electron chi connectivity index (χ3n) is 3.75. The number of carboxylic acid groups (broad SMARTS) is 1. The number of nitro benzene ring substituents is 1. The Bertz CT molecular complexity index is 581. The number of hydrogen-bond donors (Lipinski definition) is 1. The molecule has 1 aromatic carbocycles. The van der Waals surface area contributed by atoms with Crippen LogP contribution in [-0.4, -0.2) is 26.0 Å². The number of nitrogens with zero attached hydrogens (tertiary/aromatic N) is 1. The average Bonchev–Trinajstić information content (AvgIpc) is 2.90. The van der Waals surface area contributed by atoms with Crippen LogP contribution in [0, 0.1) is 16.0 Å². The van der Waals surface area contributed by atoms with Gasteiger partial charge in [0.1, 0.15) is 5.56 Å². The second-order valence-corrected chi connectivity index (χ2v) is 6.78. The van der Waals surface area contributed by atoms with Crippen molar-refractivity contribution in [3.8, 4) is 0 Å². The van der Waals surface area contributed by atoms with Crippen LogP contribution >= 0.6 is 0 Å². The van der Waals surface area contributed by atoms with Crippen molar-refractivity contribution in [3.05, 3.63) is 39.4 Å². The van der Waals surface area contributed by atoms with E-state index in [2.05, 4.69) is 0 Å². The van der Waals surface area contributed by atoms with Gasteiger partial charge >= 0.3 is 5.97 Å². The molecular weight excluding hydrogens is 294 g/mol. The van der Waals surface area contributed by atoms with Crippen molar-refractivity contribution in [2.75, 3.05) is 5.75 Å². The van der Waals surface area contributed by atoms with Crippen LogP contribution in [0.25, 0.3) is 0 Å². The monoisotopic (exact) mass is 311 g/mol. The molecule has 0 amide bonds. The van der Waals surface area contributed by atoms with Crippen LogP contribution in [0.15, 0.2) is 18.2 Å². The van der Waals surface area contributed by atoms with Gasteiger partial charge in [-0.15, -0.1) is 0 Å². The van der Waals surface area contributed by atoms with Crippen LogP contribution in [0.4, 0.5) is 5.69 Å². The fraction of sp³-hybridized carbons (Fsp3) is 0.500. The average molecular weight is 311 g/mol. The van der Waals surface area contributed by atoms with E-state index in [1.807, 2.05) is 0 Å². The predicted octanol–water partition coefficient (Wildman–Crippen LogP) is 2.73. The van der Waals surface area contributed by atoms with Gasteiger partial charge in [0, 0.05) is 28.4 Å². The summed E-state index contributed by atoms with van der Waals surface area (Å²) >= 11 is 0. The first-order valence-corrected chi connectivity index (χ1v) is 8.32. The van der Waals surface area contributed by atoms with Gasteiger partial charge in [0.2, 0.25) is 0 Å². The molecule has 1 aliphatic rings. The number of benzene rings is 1. The van der Waals surface area contributed by atoms with Crippen molar-refractivity contribution >= 4 is 22.5 Å². The lowest BCUT2D eigenvalue weighted by Crippen LogP contribution is -2.13. The lowest BCUT2D eigenvalue weighted by Gasteiger charge is -2.10. The Kier molecular flexibility index (Phi) is 5.06. The van der Waals surface area contributed by atoms with Crippen molar-refractivity contribution < 1.29 is 19.0 Å². The first-order valence-electron chi connectivity index (χ1n) is 6.83. The summed E-state index contributed by atoms with van der Waals surface area (Å²) in [5, 5.41) is 20.1. The number of aromatic carboxylic acids is 1. The van der Waals surface area contributed by atoms with Crippen molar-refractivity contribution in [2.24, 2.45) is 5.92 Å². The van der Waals surface area contributed by atoms with Gasteiger partial charge in [0.05, 0.1) is 4.92 Å². The molecule has 1 unspecified atom stereocenters. The lowest BCUT2D eigenvalue weighted by atomic mass is 10.1. The zero-order valence-corrected chi connectivity index (χ0v) is 12.3. The van der Waals surface area contributed by atoms with Crippen LogP contribution < -0.4 is 0 Å². The fourth-order valence-corrected chi connectivity index (χ4v) is 4.34. The Balaban J connectivity index is 2.18. The van der Waals surface area contributed by atoms with E-state index >= 15 is 0 Å². The zero-order valence-electron chi connectivity index (χ0n) is 11.5. The van der Waals surface area contributed by atoms with Gasteiger partial charge < -0.3 is 5.11 Å². The van der Waals surface area contributed by atoms with E-state index in [9.17, 15) is 24.2 Å². The second kappa shape index (κ2) is 6.80. The summed E-state index contributed by atoms with van der Waals surface area (Å²) in [4.78, 5) is 21.5. The molecule has 21 heavy (non-hydrogen) atoms. The summed E-state index contributed by atoms with van der Waals surface area (Å²) in [6.45, 7) is 0. The van der Waals surface area contributed by atoms with Crippen LogP contribution in [0.1, 0.15) is 41.6 Å². The van der Waals surface area contributed by atoms with Gasteiger partial charge in [-0.3, -0.25) is 14.3 Å². The highest BCUT2D eigenvalue weighted by Crippen LogP contribution is 2.27. The van der Waals surface area contributed by atoms with Gasteiger partial charge in [0.15, 0.2) is 0 Å². The molecule has 0 bridgehead atoms. The summed E-state index contributed by atoms with van der Waals surface area (Å²) in [5.74, 6) is -0.324. The summed E-state index contributed by atoms with van der Waals surface area (Å²) in [7, 11) is -1.20. The molecule has 0 spiro atoms. The number of carboxylic acids is 1. The smallest absolute Gasteiger partial charge is 0.343 e. The van der Waals surface area contributed by atoms with E-state index in [0.29, 0.717) is 11.7 Å². The Morgan fingerprint density at radius 2 is 2.05 bits per heavy atom. The minimum Gasteiger partial charge on any atom is -0.477 e. The van der Waals surface area contributed by atoms with Gasteiger partial charge in [-0.25, -0.2) is 4.79 Å². The molecule has 1 atom stereocenters. The van der Waals surface area contributed by atoms with Crippen molar-refractivity contribution in [3.63, 3.8) is 0 Å². The largest absolute Gasteiger partial charge is 0.477 e. The number of nitro groups is 1. The molecule has 7 heteroatoms. The summed E-state index contributed by atoms with van der Waals surface area (Å²) in [6.07, 6.45) is 4.43. The molecule has 1 saturated carbocycles. The minimum atomic E-state index is -1.35. The summed E-state index contributed by atoms with van der Waals surface area (Å²) < 4.78 is 12.2. The number of rotatable bonds is 6. The lowest BCUT2D eigenvalue weighted by molar-refractivity contribution is -0.385. The van der Waals surface area contributed by atoms with Crippen LogP contribution in [0.3, 0.4) is 0 Å². The summed E-state index contributed by atoms with van der Waals surface area (Å²) in [6, 6.07) is 4.10. The number of carbonyl (C=O) groups is 1. The maximum atomic E-state index is 12.2. The molecule has 0 aromatic heterocycles. The highest BCUT2D eigenvalue weighted by atomic mass is 32.2. The molecule has 1 fully saturated rings. The van der Waals surface area contributed by atoms with Gasteiger partial charge in [-0.05, 0) is 24.3 Å². The molecule has 0 aliphatic heterocycles. The maximum absolute atomic E-state index is 12.2. The molecule has 1 aliphatic carbocycles. The van der Waals surface area contributed by atoms with E-state index < -0.39 is 27.4 Å². The van der Waals surface area contributed by atoms with Crippen LogP contribution in [0.5, 0.6) is 0 Å². The van der Waals surface area contributed by atoms with E-state index in [1.54, 1.807) is 0 Å². The van der Waals surface area contributed by atoms with Gasteiger partial charge in [0.25, 0.3) is 5.69 Å². The van der Waals surface area contributed by atoms with E-state index in [0.717, 1.165) is 31.7 Å². The molecule has 2 rings (SSSR count). The second-order valence-electron chi connectivity index (χ2n) is 5.27. The van der Waals surface area contributed by atoms with Crippen LogP contribution in [-0.2, 0) is 16.6 Å². The zero-order chi connectivity index (χ0) is 15.4. The van der Waals surface area contributed by atoms with Gasteiger partial charge in [-0.1, -0.05) is 25.0 Å². The Morgan fingerprint density at radius 1 is 1.38 bits per heavy atom. The molecule has 0 heterocycles. The minimum absolute atomic E-state index is 0.0554. The molecule has 0 radical (unpaired) electrons. The van der Waals surface area contributed by atoms with Crippen molar-refractivity contribution in [2.45, 2.75) is 31.4 Å². The topological polar surface area (TPSA) is 97.5 Å². The predicted molar refractivity (Wildman–Crippen MR) is 78.7 cm³/mol. The normalized spacial score (nSPS) is 16.8. The Morgan fingerprint density at radius 3 is 2.62 bits per heavy atom. The first kappa shape index (κ1) is 15.6. The molecular formula is C14H17NO5S. The molecule has 1 aromatic rings. The molecule has 1 N–H and O–H groups in total. The number of hydrogen-bond acceptors (Lipinski definition) is 4. The SMILES string of the molecule is O=C(O)c1c(CS(=O)CC2CCCC2)cccc1[N+](=O)[O-]. The third kappa shape index (κ3) is 3.87. The molecule has 0 saturated heterocycles. The third-order valence-corrected chi connectivity index (χ3v) is 5.23. The Labute approximate surface area is 124 Å². The van der Waals surface area contributed by atoms with E-state index in [4.69, 9.17) is 0 Å². The van der Waals surface area contributed by atoms with Gasteiger partial charge in [-0.2, -0.15) is 0 Å². The summed E-state index contributed by atoms with van der Waals surface area (Å²) in [5.41, 5.74) is -0.520. The Hall–Kier alpha value is -1.76. The maximum Gasteiger partial charge on any atom is 0.343 e. The van der Waals surface area contributed by atoms with E-state index in [-0.39, 0.29) is 16.9 Å². The highest BCUT2D eigenvalue weighted by Gasteiger charge is 2.25. The molecule has 6 nitrogen and oxygen atoms in total. The fourth-order valence-electron chi connectivity index (χ4n) is 2.78. The molecule has 114 valence electrons. The first-order chi connectivity index (χ1) is 9.99. The van der Waals surface area contributed by atoms with Crippen molar-refractivity contribution in [1.82, 2.24) is 0 Å². The highest BCUT2D eigenvalue weighted by molar-refractivity contribution is 7.84. The van der Waals surface area contributed by atoms with Crippen LogP contribution in [0.2, 0.25) is 0 Å². The van der Waals surface area contributed by atoms with E-state index in [1.165, 1.54) is 12.1 Å².